The minimum atomic E-state index is -0.318. The van der Waals surface area contributed by atoms with E-state index in [-0.39, 0.29) is 10.8 Å². The summed E-state index contributed by atoms with van der Waals surface area (Å²) in [4.78, 5) is 0. The highest BCUT2D eigenvalue weighted by molar-refractivity contribution is 6.31. The summed E-state index contributed by atoms with van der Waals surface area (Å²) in [6, 6.07) is 28.0. The van der Waals surface area contributed by atoms with Crippen molar-refractivity contribution in [1.29, 1.82) is 0 Å². The topological polar surface area (TPSA) is 0 Å². The van der Waals surface area contributed by atoms with Gasteiger partial charge in [0.25, 0.3) is 0 Å². The normalized spacial score (nSPS) is 15.3. The van der Waals surface area contributed by atoms with Gasteiger partial charge in [0, 0.05) is 10.4 Å². The maximum absolute atomic E-state index is 6.68. The fourth-order valence-corrected chi connectivity index (χ4v) is 4.59. The third-order valence-electron chi connectivity index (χ3n) is 6.60. The molecule has 0 amide bonds. The molecule has 0 aliphatic carbocycles. The maximum Gasteiger partial charge on any atom is 0.0450 e. The van der Waals surface area contributed by atoms with E-state index in [2.05, 4.69) is 94.1 Å². The zero-order chi connectivity index (χ0) is 20.9. The average Bonchev–Trinajstić information content (AvgIpc) is 2.78. The third kappa shape index (κ3) is 4.19. The van der Waals surface area contributed by atoms with Crippen molar-refractivity contribution < 1.29 is 0 Å². The van der Waals surface area contributed by atoms with Gasteiger partial charge in [-0.05, 0) is 59.9 Å². The Bertz CT molecular complexity index is 942. The zero-order valence-corrected chi connectivity index (χ0v) is 18.5. The molecule has 0 aromatic heterocycles. The standard InChI is InChI=1S/C28H31Cl/c1-5-7-21-27(3,6-2)22-17-19-24(20-18-22)28(4,23-13-9-8-10-14-23)25-15-11-12-16-26(25)29/h5,8-20H,1,6-7,21H2,2-4H3. The third-order valence-corrected chi connectivity index (χ3v) is 6.93. The van der Waals surface area contributed by atoms with Crippen LogP contribution in [0.5, 0.6) is 0 Å². The van der Waals surface area contributed by atoms with Gasteiger partial charge in [0.15, 0.2) is 0 Å². The SMILES string of the molecule is C=CCCC(C)(CC)c1ccc(C(C)(c2ccccc2)c2ccccc2Cl)cc1. The van der Waals surface area contributed by atoms with Crippen LogP contribution in [0.4, 0.5) is 0 Å². The van der Waals surface area contributed by atoms with Gasteiger partial charge in [-0.3, -0.25) is 0 Å². The largest absolute Gasteiger partial charge is 0.103 e. The molecule has 2 atom stereocenters. The highest BCUT2D eigenvalue weighted by Gasteiger charge is 2.33. The van der Waals surface area contributed by atoms with Gasteiger partial charge < -0.3 is 0 Å². The molecule has 0 radical (unpaired) electrons. The van der Waals surface area contributed by atoms with Gasteiger partial charge in [0.05, 0.1) is 0 Å². The molecule has 3 aromatic rings. The molecule has 1 heteroatoms. The lowest BCUT2D eigenvalue weighted by Gasteiger charge is -2.34. The Morgan fingerprint density at radius 1 is 0.793 bits per heavy atom. The van der Waals surface area contributed by atoms with Gasteiger partial charge in [0.2, 0.25) is 0 Å². The molecule has 0 aliphatic heterocycles. The Labute approximate surface area is 181 Å². The lowest BCUT2D eigenvalue weighted by molar-refractivity contribution is 0.422. The van der Waals surface area contributed by atoms with Gasteiger partial charge in [0.1, 0.15) is 0 Å². The Balaban J connectivity index is 2.11. The summed E-state index contributed by atoms with van der Waals surface area (Å²) in [5, 5.41) is 0.798. The molecule has 0 saturated heterocycles. The number of hydrogen-bond donors (Lipinski definition) is 0. The molecule has 0 spiro atoms. The number of rotatable bonds is 8. The van der Waals surface area contributed by atoms with Crippen molar-refractivity contribution in [3.8, 4) is 0 Å². The second-order valence-corrected chi connectivity index (χ2v) is 8.70. The quantitative estimate of drug-likeness (QED) is 0.262. The predicted octanol–water partition coefficient (Wildman–Crippen LogP) is 8.33. The van der Waals surface area contributed by atoms with Crippen molar-refractivity contribution in [3.05, 3.63) is 119 Å². The molecule has 29 heavy (non-hydrogen) atoms. The number of allylic oxidation sites excluding steroid dienone is 1. The second kappa shape index (κ2) is 9.01. The van der Waals surface area contributed by atoms with E-state index in [9.17, 15) is 0 Å². The molecule has 2 unspecified atom stereocenters. The van der Waals surface area contributed by atoms with E-state index in [0.717, 1.165) is 29.8 Å². The van der Waals surface area contributed by atoms with E-state index in [1.54, 1.807) is 0 Å². The van der Waals surface area contributed by atoms with Crippen molar-refractivity contribution in [2.45, 2.75) is 50.9 Å². The van der Waals surface area contributed by atoms with Crippen LogP contribution in [-0.4, -0.2) is 0 Å². The lowest BCUT2D eigenvalue weighted by atomic mass is 9.69. The molecule has 150 valence electrons. The molecular weight excluding hydrogens is 372 g/mol. The van der Waals surface area contributed by atoms with Crippen molar-refractivity contribution in [2.24, 2.45) is 0 Å². The minimum absolute atomic E-state index is 0.167. The molecule has 0 bridgehead atoms. The highest BCUT2D eigenvalue weighted by Crippen LogP contribution is 2.42. The zero-order valence-electron chi connectivity index (χ0n) is 17.8. The van der Waals surface area contributed by atoms with Crippen molar-refractivity contribution in [2.75, 3.05) is 0 Å². The molecule has 3 aromatic carbocycles. The smallest absolute Gasteiger partial charge is 0.0450 e. The summed E-state index contributed by atoms with van der Waals surface area (Å²) in [5.41, 5.74) is 4.86. The van der Waals surface area contributed by atoms with Gasteiger partial charge in [-0.15, -0.1) is 6.58 Å². The fourth-order valence-electron chi connectivity index (χ4n) is 4.27. The van der Waals surface area contributed by atoms with Crippen molar-refractivity contribution in [3.63, 3.8) is 0 Å². The van der Waals surface area contributed by atoms with E-state index in [0.29, 0.717) is 0 Å². The summed E-state index contributed by atoms with van der Waals surface area (Å²) in [6.45, 7) is 10.8. The first-order valence-corrected chi connectivity index (χ1v) is 10.9. The summed E-state index contributed by atoms with van der Waals surface area (Å²) in [5.74, 6) is 0. The van der Waals surface area contributed by atoms with Crippen LogP contribution in [0.2, 0.25) is 5.02 Å². The molecule has 0 aliphatic rings. The first kappa shape index (κ1) is 21.4. The Morgan fingerprint density at radius 3 is 1.93 bits per heavy atom. The first-order valence-electron chi connectivity index (χ1n) is 10.5. The maximum atomic E-state index is 6.68. The Kier molecular flexibility index (Phi) is 6.65. The van der Waals surface area contributed by atoms with Crippen LogP contribution in [0.15, 0.2) is 91.5 Å². The fraction of sp³-hybridized carbons (Fsp3) is 0.286. The molecule has 0 nitrogen and oxygen atoms in total. The summed E-state index contributed by atoms with van der Waals surface area (Å²) >= 11 is 6.68. The van der Waals surface area contributed by atoms with E-state index in [4.69, 9.17) is 11.6 Å². The van der Waals surface area contributed by atoms with Crippen LogP contribution in [0.1, 0.15) is 62.3 Å². The lowest BCUT2D eigenvalue weighted by Crippen LogP contribution is -2.26. The van der Waals surface area contributed by atoms with E-state index < -0.39 is 0 Å². The molecule has 0 heterocycles. The number of hydrogen-bond acceptors (Lipinski definition) is 0. The minimum Gasteiger partial charge on any atom is -0.103 e. The van der Waals surface area contributed by atoms with Crippen LogP contribution in [0.3, 0.4) is 0 Å². The van der Waals surface area contributed by atoms with E-state index in [1.165, 1.54) is 16.7 Å². The van der Waals surface area contributed by atoms with E-state index >= 15 is 0 Å². The molecule has 3 rings (SSSR count). The highest BCUT2D eigenvalue weighted by atomic mass is 35.5. The summed E-state index contributed by atoms with van der Waals surface area (Å²) in [7, 11) is 0. The molecular formula is C28H31Cl. The monoisotopic (exact) mass is 402 g/mol. The van der Waals surface area contributed by atoms with Gasteiger partial charge >= 0.3 is 0 Å². The van der Waals surface area contributed by atoms with Crippen LogP contribution < -0.4 is 0 Å². The predicted molar refractivity (Wildman–Crippen MR) is 127 cm³/mol. The van der Waals surface area contributed by atoms with Gasteiger partial charge in [-0.2, -0.15) is 0 Å². The van der Waals surface area contributed by atoms with Gasteiger partial charge in [-0.1, -0.05) is 104 Å². The molecule has 0 fully saturated rings. The molecule has 0 N–H and O–H groups in total. The van der Waals surface area contributed by atoms with Crippen LogP contribution >= 0.6 is 11.6 Å². The number of benzene rings is 3. The van der Waals surface area contributed by atoms with Crippen molar-refractivity contribution >= 4 is 11.6 Å². The van der Waals surface area contributed by atoms with E-state index in [1.807, 2.05) is 18.2 Å². The molecule has 0 saturated carbocycles. The van der Waals surface area contributed by atoms with Crippen LogP contribution in [0.25, 0.3) is 0 Å². The summed E-state index contributed by atoms with van der Waals surface area (Å²) < 4.78 is 0. The Morgan fingerprint density at radius 2 is 1.34 bits per heavy atom. The summed E-state index contributed by atoms with van der Waals surface area (Å²) in [6.07, 6.45) is 5.28. The first-order chi connectivity index (χ1) is 14.0. The van der Waals surface area contributed by atoms with Gasteiger partial charge in [-0.25, -0.2) is 0 Å². The van der Waals surface area contributed by atoms with Crippen LogP contribution in [-0.2, 0) is 10.8 Å². The van der Waals surface area contributed by atoms with Crippen molar-refractivity contribution in [1.82, 2.24) is 0 Å². The average molecular weight is 403 g/mol. The van der Waals surface area contributed by atoms with Crippen LogP contribution in [0, 0.1) is 0 Å². The second-order valence-electron chi connectivity index (χ2n) is 8.29. The number of halogens is 1. The Hall–Kier alpha value is -2.31.